The largest absolute Gasteiger partial charge is 0.492 e. The average Bonchev–Trinajstić information content (AvgIpc) is 2.88. The van der Waals surface area contributed by atoms with Gasteiger partial charge in [-0.15, -0.1) is 0 Å². The van der Waals surface area contributed by atoms with Crippen LogP contribution >= 0.6 is 0 Å². The van der Waals surface area contributed by atoms with Crippen molar-refractivity contribution >= 4 is 29.3 Å². The van der Waals surface area contributed by atoms with Crippen molar-refractivity contribution in [3.63, 3.8) is 0 Å². The van der Waals surface area contributed by atoms with Gasteiger partial charge >= 0.3 is 17.8 Å². The number of para-hydroxylation sites is 2. The van der Waals surface area contributed by atoms with E-state index in [4.69, 9.17) is 4.74 Å². The molecule has 1 aliphatic rings. The Balaban J connectivity index is 1.87. The van der Waals surface area contributed by atoms with Crippen molar-refractivity contribution in [2.24, 2.45) is 0 Å². The molecule has 144 valence electrons. The van der Waals surface area contributed by atoms with E-state index in [1.54, 1.807) is 43.3 Å². The lowest BCUT2D eigenvalue weighted by Crippen LogP contribution is -2.37. The molecule has 2 aromatic rings. The highest BCUT2D eigenvalue weighted by Crippen LogP contribution is 2.31. The van der Waals surface area contributed by atoms with Crippen molar-refractivity contribution in [1.29, 1.82) is 0 Å². The van der Waals surface area contributed by atoms with Gasteiger partial charge in [0.1, 0.15) is 5.75 Å². The number of nitrogens with zero attached hydrogens (tertiary/aromatic N) is 2. The first-order chi connectivity index (χ1) is 13.3. The monoisotopic (exact) mass is 380 g/mol. The Morgan fingerprint density at radius 1 is 0.964 bits per heavy atom. The number of carbonyl (C=O) groups is 4. The molecule has 7 nitrogen and oxygen atoms in total. The highest BCUT2D eigenvalue weighted by molar-refractivity contribution is 6.53. The fourth-order valence-electron chi connectivity index (χ4n) is 2.93. The number of Topliss-reactive ketones (excluding diaryl/α,β-unsaturated/α-hetero) is 1. The van der Waals surface area contributed by atoms with Crippen LogP contribution in [-0.4, -0.2) is 41.7 Å². The van der Waals surface area contributed by atoms with E-state index >= 15 is 0 Å². The first-order valence-electron chi connectivity index (χ1n) is 8.87. The second-order valence-corrected chi connectivity index (χ2v) is 6.44. The molecule has 2 aromatic carbocycles. The van der Waals surface area contributed by atoms with E-state index in [2.05, 4.69) is 0 Å². The van der Waals surface area contributed by atoms with Crippen LogP contribution in [0.4, 0.5) is 10.5 Å². The number of hydrogen-bond acceptors (Lipinski definition) is 5. The summed E-state index contributed by atoms with van der Waals surface area (Å²) >= 11 is 0. The smallest absolute Gasteiger partial charge is 0.339 e. The quantitative estimate of drug-likeness (QED) is 0.437. The van der Waals surface area contributed by atoms with E-state index in [1.807, 2.05) is 13.8 Å². The van der Waals surface area contributed by atoms with Gasteiger partial charge in [-0.2, -0.15) is 0 Å². The molecule has 1 fully saturated rings. The van der Waals surface area contributed by atoms with Crippen LogP contribution in [0.1, 0.15) is 28.4 Å². The molecule has 0 atom stereocenters. The van der Waals surface area contributed by atoms with Gasteiger partial charge in [0.25, 0.3) is 0 Å². The van der Waals surface area contributed by atoms with Crippen LogP contribution in [0, 0.1) is 13.8 Å². The Kier molecular flexibility index (Phi) is 5.26. The number of carbonyl (C=O) groups excluding carboxylic acids is 4. The summed E-state index contributed by atoms with van der Waals surface area (Å²) in [6.07, 6.45) is 0. The van der Waals surface area contributed by atoms with Gasteiger partial charge in [-0.05, 0) is 50.1 Å². The molecular formula is C21H20N2O5. The Morgan fingerprint density at radius 2 is 1.68 bits per heavy atom. The minimum Gasteiger partial charge on any atom is -0.492 e. The summed E-state index contributed by atoms with van der Waals surface area (Å²) in [5.41, 5.74) is 2.50. The van der Waals surface area contributed by atoms with Gasteiger partial charge in [-0.3, -0.25) is 14.4 Å². The van der Waals surface area contributed by atoms with Crippen molar-refractivity contribution in [3.05, 3.63) is 59.2 Å². The van der Waals surface area contributed by atoms with Gasteiger partial charge in [0, 0.05) is 5.56 Å². The number of rotatable bonds is 6. The molecule has 0 saturated carbocycles. The zero-order valence-electron chi connectivity index (χ0n) is 15.9. The molecule has 3 rings (SSSR count). The molecular weight excluding hydrogens is 360 g/mol. The zero-order valence-corrected chi connectivity index (χ0v) is 15.9. The number of aryl methyl sites for hydroxylation is 2. The highest BCUT2D eigenvalue weighted by atomic mass is 16.5. The summed E-state index contributed by atoms with van der Waals surface area (Å²) in [6, 6.07) is 10.7. The lowest BCUT2D eigenvalue weighted by atomic mass is 10.0. The summed E-state index contributed by atoms with van der Waals surface area (Å²) in [7, 11) is 0. The molecule has 4 amide bonds. The summed E-state index contributed by atoms with van der Waals surface area (Å²) in [4.78, 5) is 51.6. The van der Waals surface area contributed by atoms with Crippen molar-refractivity contribution in [2.75, 3.05) is 18.1 Å². The van der Waals surface area contributed by atoms with Crippen molar-refractivity contribution in [3.8, 4) is 5.75 Å². The molecule has 0 aliphatic carbocycles. The number of ether oxygens (including phenoxy) is 1. The third-order valence-electron chi connectivity index (χ3n) is 4.59. The topological polar surface area (TPSA) is 84.0 Å². The summed E-state index contributed by atoms with van der Waals surface area (Å²) in [5, 5.41) is 0. The second-order valence-electron chi connectivity index (χ2n) is 6.44. The number of hydrogen-bond donors (Lipinski definition) is 0. The average molecular weight is 380 g/mol. The van der Waals surface area contributed by atoms with Crippen LogP contribution in [0.25, 0.3) is 0 Å². The van der Waals surface area contributed by atoms with Gasteiger partial charge in [0.05, 0.1) is 18.8 Å². The first-order valence-corrected chi connectivity index (χ1v) is 8.87. The Bertz CT molecular complexity index is 983. The minimum atomic E-state index is -1.03. The molecule has 7 heteroatoms. The van der Waals surface area contributed by atoms with Crippen molar-refractivity contribution in [2.45, 2.75) is 20.8 Å². The molecule has 0 aromatic heterocycles. The van der Waals surface area contributed by atoms with Crippen LogP contribution in [0.15, 0.2) is 42.5 Å². The number of anilines is 1. The van der Waals surface area contributed by atoms with Crippen LogP contribution in [0.3, 0.4) is 0 Å². The van der Waals surface area contributed by atoms with Gasteiger partial charge in [0.2, 0.25) is 0 Å². The normalized spacial score (nSPS) is 14.0. The number of urea groups is 1. The summed E-state index contributed by atoms with van der Waals surface area (Å²) in [5.74, 6) is -2.15. The maximum absolute atomic E-state index is 12.8. The third-order valence-corrected chi connectivity index (χ3v) is 4.59. The lowest BCUT2D eigenvalue weighted by molar-refractivity contribution is -0.139. The number of imide groups is 2. The second kappa shape index (κ2) is 7.64. The van der Waals surface area contributed by atoms with Crippen molar-refractivity contribution in [1.82, 2.24) is 4.90 Å². The Hall–Kier alpha value is -3.48. The van der Waals surface area contributed by atoms with Crippen LogP contribution in [0.2, 0.25) is 0 Å². The lowest BCUT2D eigenvalue weighted by Gasteiger charge is -2.18. The molecule has 0 spiro atoms. The van der Waals surface area contributed by atoms with Crippen molar-refractivity contribution < 1.29 is 23.9 Å². The highest BCUT2D eigenvalue weighted by Gasteiger charge is 2.47. The van der Waals surface area contributed by atoms with Gasteiger partial charge in [-0.1, -0.05) is 24.3 Å². The van der Waals surface area contributed by atoms with E-state index in [-0.39, 0.29) is 5.69 Å². The number of ketones is 1. The molecule has 1 aliphatic heterocycles. The maximum Gasteiger partial charge on any atom is 0.339 e. The first kappa shape index (κ1) is 19.3. The standard InChI is InChI=1S/C21H20N2O5/c1-4-28-18-8-6-5-7-16(18)23-20(26)19(25)22(21(23)27)12-17(24)15-10-9-13(2)14(3)11-15/h5-11H,4,12H2,1-3H3. The third kappa shape index (κ3) is 3.38. The van der Waals surface area contributed by atoms with Crippen LogP contribution in [-0.2, 0) is 9.59 Å². The van der Waals surface area contributed by atoms with Crippen LogP contribution < -0.4 is 9.64 Å². The molecule has 1 heterocycles. The van der Waals surface area contributed by atoms with Crippen LogP contribution in [0.5, 0.6) is 5.75 Å². The molecule has 0 unspecified atom stereocenters. The predicted molar refractivity (Wildman–Crippen MR) is 102 cm³/mol. The van der Waals surface area contributed by atoms with E-state index in [9.17, 15) is 19.2 Å². The predicted octanol–water partition coefficient (Wildman–Crippen LogP) is 2.88. The Labute approximate surface area is 162 Å². The fourth-order valence-corrected chi connectivity index (χ4v) is 2.93. The summed E-state index contributed by atoms with van der Waals surface area (Å²) < 4.78 is 5.45. The minimum absolute atomic E-state index is 0.175. The molecule has 28 heavy (non-hydrogen) atoms. The molecule has 1 saturated heterocycles. The number of benzene rings is 2. The van der Waals surface area contributed by atoms with E-state index < -0.39 is 30.2 Å². The SMILES string of the molecule is CCOc1ccccc1N1C(=O)C(=O)N(CC(=O)c2ccc(C)c(C)c2)C1=O. The fraction of sp³-hybridized carbons (Fsp3) is 0.238. The van der Waals surface area contributed by atoms with E-state index in [1.165, 1.54) is 6.07 Å². The van der Waals surface area contributed by atoms with E-state index in [0.29, 0.717) is 22.8 Å². The van der Waals surface area contributed by atoms with Gasteiger partial charge in [0.15, 0.2) is 5.78 Å². The van der Waals surface area contributed by atoms with Gasteiger partial charge in [-0.25, -0.2) is 14.6 Å². The molecule has 0 radical (unpaired) electrons. The van der Waals surface area contributed by atoms with E-state index in [0.717, 1.165) is 16.0 Å². The molecule has 0 N–H and O–H groups in total. The zero-order chi connectivity index (χ0) is 20.4. The Morgan fingerprint density at radius 3 is 2.36 bits per heavy atom. The maximum atomic E-state index is 12.8. The molecule has 0 bridgehead atoms. The number of amides is 4. The van der Waals surface area contributed by atoms with Gasteiger partial charge < -0.3 is 4.74 Å². The summed E-state index contributed by atoms with van der Waals surface area (Å²) in [6.45, 7) is 5.39.